The monoisotopic (exact) mass is 353 g/mol. The topological polar surface area (TPSA) is 75.4 Å². The van der Waals surface area contributed by atoms with Crippen LogP contribution < -0.4 is 11.1 Å². The third-order valence-electron chi connectivity index (χ3n) is 4.44. The van der Waals surface area contributed by atoms with E-state index in [-0.39, 0.29) is 30.3 Å². The van der Waals surface area contributed by atoms with Gasteiger partial charge in [0.2, 0.25) is 5.91 Å². The van der Waals surface area contributed by atoms with Crippen LogP contribution in [0.15, 0.2) is 30.3 Å². The first-order valence-corrected chi connectivity index (χ1v) is 8.30. The number of nitrogens with one attached hydrogen (secondary N) is 1. The Balaban J connectivity index is 0.00000288. The minimum Gasteiger partial charge on any atom is -0.356 e. The average Bonchev–Trinajstić information content (AvgIpc) is 2.54. The summed E-state index contributed by atoms with van der Waals surface area (Å²) in [7, 11) is 0. The fourth-order valence-corrected chi connectivity index (χ4v) is 2.99. The number of hydrogen-bond acceptors (Lipinski definition) is 3. The van der Waals surface area contributed by atoms with Crippen molar-refractivity contribution in [3.8, 4) is 0 Å². The highest BCUT2D eigenvalue weighted by atomic mass is 35.5. The second kappa shape index (κ2) is 9.04. The van der Waals surface area contributed by atoms with Crippen molar-refractivity contribution in [2.24, 2.45) is 11.1 Å². The molecule has 1 saturated heterocycles. The van der Waals surface area contributed by atoms with Crippen LogP contribution in [-0.4, -0.2) is 42.4 Å². The number of carbonyl (C=O) groups excluding carboxylic acids is 2. The molecular weight excluding hydrogens is 326 g/mol. The number of piperidine rings is 1. The molecule has 2 rings (SSSR count). The SMILES string of the molecule is CC(N)CCNC(=O)C1(C)CCCN(C(=O)c2ccccc2)C1.Cl. The number of rotatable bonds is 5. The first-order valence-electron chi connectivity index (χ1n) is 8.30. The molecule has 1 aromatic carbocycles. The number of nitrogens with zero attached hydrogens (tertiary/aromatic N) is 1. The highest BCUT2D eigenvalue weighted by Gasteiger charge is 2.39. The summed E-state index contributed by atoms with van der Waals surface area (Å²) >= 11 is 0. The van der Waals surface area contributed by atoms with Gasteiger partial charge in [-0.15, -0.1) is 12.4 Å². The van der Waals surface area contributed by atoms with E-state index in [1.807, 2.05) is 44.2 Å². The Labute approximate surface area is 150 Å². The van der Waals surface area contributed by atoms with E-state index < -0.39 is 5.41 Å². The summed E-state index contributed by atoms with van der Waals surface area (Å²) in [6.07, 6.45) is 2.40. The van der Waals surface area contributed by atoms with Gasteiger partial charge in [-0.05, 0) is 45.2 Å². The zero-order chi connectivity index (χ0) is 16.9. The molecule has 0 spiro atoms. The standard InChI is InChI=1S/C18H27N3O2.ClH/c1-14(19)9-11-20-17(23)18(2)10-6-12-21(13-18)16(22)15-7-4-3-5-8-15;/h3-5,7-8,14H,6,9-13,19H2,1-2H3,(H,20,23);1H. The van der Waals surface area contributed by atoms with Crippen molar-refractivity contribution in [1.29, 1.82) is 0 Å². The third kappa shape index (κ3) is 5.21. The molecule has 0 radical (unpaired) electrons. The lowest BCUT2D eigenvalue weighted by molar-refractivity contribution is -0.132. The molecule has 0 aliphatic carbocycles. The van der Waals surface area contributed by atoms with Gasteiger partial charge in [-0.3, -0.25) is 9.59 Å². The highest BCUT2D eigenvalue weighted by molar-refractivity contribution is 5.95. The lowest BCUT2D eigenvalue weighted by Crippen LogP contribution is -2.52. The second-order valence-electron chi connectivity index (χ2n) is 6.78. The van der Waals surface area contributed by atoms with Gasteiger partial charge in [0.1, 0.15) is 0 Å². The van der Waals surface area contributed by atoms with Crippen LogP contribution in [0.2, 0.25) is 0 Å². The van der Waals surface area contributed by atoms with Crippen LogP contribution in [0.1, 0.15) is 43.5 Å². The van der Waals surface area contributed by atoms with Gasteiger partial charge in [0, 0.05) is 31.2 Å². The van der Waals surface area contributed by atoms with Gasteiger partial charge in [0.15, 0.2) is 0 Å². The molecule has 24 heavy (non-hydrogen) atoms. The summed E-state index contributed by atoms with van der Waals surface area (Å²) in [4.78, 5) is 26.9. The molecule has 6 heteroatoms. The third-order valence-corrected chi connectivity index (χ3v) is 4.44. The lowest BCUT2D eigenvalue weighted by Gasteiger charge is -2.39. The molecule has 134 valence electrons. The van der Waals surface area contributed by atoms with E-state index in [9.17, 15) is 9.59 Å². The van der Waals surface area contributed by atoms with Crippen molar-refractivity contribution in [3.63, 3.8) is 0 Å². The van der Waals surface area contributed by atoms with Crippen LogP contribution in [0.25, 0.3) is 0 Å². The van der Waals surface area contributed by atoms with Gasteiger partial charge in [0.25, 0.3) is 5.91 Å². The quantitative estimate of drug-likeness (QED) is 0.852. The summed E-state index contributed by atoms with van der Waals surface area (Å²) in [5, 5.41) is 2.97. The van der Waals surface area contributed by atoms with Crippen molar-refractivity contribution in [1.82, 2.24) is 10.2 Å². The first kappa shape index (κ1) is 20.5. The maximum atomic E-state index is 12.6. The van der Waals surface area contributed by atoms with Gasteiger partial charge in [-0.1, -0.05) is 18.2 Å². The Kier molecular flexibility index (Phi) is 7.70. The largest absolute Gasteiger partial charge is 0.356 e. The number of amides is 2. The smallest absolute Gasteiger partial charge is 0.253 e. The Morgan fingerprint density at radius 3 is 2.62 bits per heavy atom. The van der Waals surface area contributed by atoms with E-state index >= 15 is 0 Å². The summed E-state index contributed by atoms with van der Waals surface area (Å²) in [5.74, 6) is 0.0172. The molecule has 1 fully saturated rings. The highest BCUT2D eigenvalue weighted by Crippen LogP contribution is 2.30. The Morgan fingerprint density at radius 2 is 2.00 bits per heavy atom. The van der Waals surface area contributed by atoms with Crippen LogP contribution in [0, 0.1) is 5.41 Å². The minimum atomic E-state index is -0.527. The second-order valence-corrected chi connectivity index (χ2v) is 6.78. The molecule has 5 nitrogen and oxygen atoms in total. The predicted molar refractivity (Wildman–Crippen MR) is 98.2 cm³/mol. The average molecular weight is 354 g/mol. The Hall–Kier alpha value is -1.59. The number of benzene rings is 1. The zero-order valence-corrected chi connectivity index (χ0v) is 15.3. The molecule has 2 unspecified atom stereocenters. The lowest BCUT2D eigenvalue weighted by atomic mass is 9.80. The van der Waals surface area contributed by atoms with Crippen LogP contribution in [0.4, 0.5) is 0 Å². The maximum absolute atomic E-state index is 12.6. The molecule has 1 aromatic rings. The van der Waals surface area contributed by atoms with Crippen molar-refractivity contribution in [2.45, 2.75) is 39.2 Å². The van der Waals surface area contributed by atoms with Gasteiger partial charge in [0.05, 0.1) is 5.41 Å². The fourth-order valence-electron chi connectivity index (χ4n) is 2.99. The van der Waals surface area contributed by atoms with Crippen LogP contribution in [0.3, 0.4) is 0 Å². The molecule has 3 N–H and O–H groups in total. The van der Waals surface area contributed by atoms with Crippen LogP contribution in [-0.2, 0) is 4.79 Å². The summed E-state index contributed by atoms with van der Waals surface area (Å²) < 4.78 is 0. The van der Waals surface area contributed by atoms with E-state index in [1.54, 1.807) is 4.90 Å². The van der Waals surface area contributed by atoms with E-state index in [0.29, 0.717) is 25.2 Å². The molecule has 2 amide bonds. The van der Waals surface area contributed by atoms with Crippen molar-refractivity contribution in [2.75, 3.05) is 19.6 Å². The molecule has 1 heterocycles. The van der Waals surface area contributed by atoms with E-state index in [4.69, 9.17) is 5.73 Å². The van der Waals surface area contributed by atoms with Gasteiger partial charge < -0.3 is 16.0 Å². The molecular formula is C18H28ClN3O2. The molecule has 0 bridgehead atoms. The number of likely N-dealkylation sites (tertiary alicyclic amines) is 1. The normalized spacial score (nSPS) is 21.5. The van der Waals surface area contributed by atoms with E-state index in [0.717, 1.165) is 19.3 Å². The van der Waals surface area contributed by atoms with E-state index in [2.05, 4.69) is 5.32 Å². The van der Waals surface area contributed by atoms with Crippen molar-refractivity contribution in [3.05, 3.63) is 35.9 Å². The fraction of sp³-hybridized carbons (Fsp3) is 0.556. The van der Waals surface area contributed by atoms with Gasteiger partial charge in [-0.25, -0.2) is 0 Å². The van der Waals surface area contributed by atoms with Crippen LogP contribution in [0.5, 0.6) is 0 Å². The molecule has 1 aliphatic rings. The Bertz CT molecular complexity index is 550. The minimum absolute atomic E-state index is 0. The van der Waals surface area contributed by atoms with E-state index in [1.165, 1.54) is 0 Å². The summed E-state index contributed by atoms with van der Waals surface area (Å²) in [6.45, 7) is 5.62. The summed E-state index contributed by atoms with van der Waals surface area (Å²) in [6, 6.07) is 9.32. The predicted octanol–water partition coefficient (Wildman–Crippen LogP) is 2.20. The van der Waals surface area contributed by atoms with Gasteiger partial charge in [-0.2, -0.15) is 0 Å². The maximum Gasteiger partial charge on any atom is 0.253 e. The molecule has 1 aliphatic heterocycles. The number of nitrogens with two attached hydrogens (primary N) is 1. The molecule has 2 atom stereocenters. The van der Waals surface area contributed by atoms with Crippen LogP contribution >= 0.6 is 12.4 Å². The molecule has 0 saturated carbocycles. The van der Waals surface area contributed by atoms with Gasteiger partial charge >= 0.3 is 0 Å². The number of halogens is 1. The molecule has 0 aromatic heterocycles. The van der Waals surface area contributed by atoms with Crippen molar-refractivity contribution < 1.29 is 9.59 Å². The zero-order valence-electron chi connectivity index (χ0n) is 14.5. The number of carbonyl (C=O) groups is 2. The van der Waals surface area contributed by atoms with Crippen molar-refractivity contribution >= 4 is 24.2 Å². The summed E-state index contributed by atoms with van der Waals surface area (Å²) in [5.41, 5.74) is 5.86. The Morgan fingerprint density at radius 1 is 1.33 bits per heavy atom. The first-order chi connectivity index (χ1) is 10.9. The number of hydrogen-bond donors (Lipinski definition) is 2.